The van der Waals surface area contributed by atoms with Crippen LogP contribution in [0.2, 0.25) is 10.0 Å². The number of fused-ring (bicyclic) bond motifs is 1. The van der Waals surface area contributed by atoms with Crippen LogP contribution in [0.15, 0.2) is 36.4 Å². The minimum atomic E-state index is -3.64. The van der Waals surface area contributed by atoms with Crippen molar-refractivity contribution in [2.24, 2.45) is 0 Å². The van der Waals surface area contributed by atoms with E-state index in [1.807, 2.05) is 27.7 Å². The van der Waals surface area contributed by atoms with Gasteiger partial charge in [0, 0.05) is 31.1 Å². The third-order valence-electron chi connectivity index (χ3n) is 6.02. The third kappa shape index (κ3) is 8.40. The second kappa shape index (κ2) is 12.7. The molecule has 0 saturated heterocycles. The molecule has 0 saturated carbocycles. The molecule has 39 heavy (non-hydrogen) atoms. The standard InChI is InChI=1S/C27H35Cl2N3O6S/c1-6-22(26(34)30-27(2,3)4)31(16-18-9-11-20(28)21(29)14-18)25(33)8-7-13-32(39(5,35)36)19-10-12-23-24(15-19)38-17-37-23/h9-12,14-15,22H,6-8,13,16-17H2,1-5H3,(H,30,34). The Bertz CT molecular complexity index is 1310. The first-order valence-corrected chi connectivity index (χ1v) is 15.2. The van der Waals surface area contributed by atoms with Crippen molar-refractivity contribution in [3.8, 4) is 11.5 Å². The van der Waals surface area contributed by atoms with Gasteiger partial charge < -0.3 is 19.7 Å². The molecule has 1 atom stereocenters. The van der Waals surface area contributed by atoms with Gasteiger partial charge >= 0.3 is 0 Å². The summed E-state index contributed by atoms with van der Waals surface area (Å²) in [6.07, 6.45) is 1.76. The second-order valence-electron chi connectivity index (χ2n) is 10.4. The molecule has 1 unspecified atom stereocenters. The van der Waals surface area contributed by atoms with Crippen LogP contribution in [0.3, 0.4) is 0 Å². The number of benzene rings is 2. The van der Waals surface area contributed by atoms with E-state index < -0.39 is 21.6 Å². The quantitative estimate of drug-likeness (QED) is 0.390. The average Bonchev–Trinajstić information content (AvgIpc) is 3.30. The van der Waals surface area contributed by atoms with Crippen LogP contribution >= 0.6 is 23.2 Å². The number of amides is 2. The first-order valence-electron chi connectivity index (χ1n) is 12.6. The van der Waals surface area contributed by atoms with Crippen LogP contribution in [0.4, 0.5) is 5.69 Å². The fourth-order valence-corrected chi connectivity index (χ4v) is 5.53. The number of nitrogens with one attached hydrogen (secondary N) is 1. The lowest BCUT2D eigenvalue weighted by Crippen LogP contribution is -2.53. The molecule has 1 heterocycles. The van der Waals surface area contributed by atoms with E-state index in [0.29, 0.717) is 33.7 Å². The minimum Gasteiger partial charge on any atom is -0.454 e. The number of nitrogens with zero attached hydrogens (tertiary/aromatic N) is 2. The summed E-state index contributed by atoms with van der Waals surface area (Å²) in [6, 6.07) is 9.23. The third-order valence-corrected chi connectivity index (χ3v) is 7.95. The highest BCUT2D eigenvalue weighted by Gasteiger charge is 2.31. The van der Waals surface area contributed by atoms with Crippen molar-refractivity contribution >= 4 is 50.7 Å². The molecule has 1 aliphatic heterocycles. The van der Waals surface area contributed by atoms with Gasteiger partial charge in [0.2, 0.25) is 28.6 Å². The zero-order chi connectivity index (χ0) is 29.0. The summed E-state index contributed by atoms with van der Waals surface area (Å²) in [5.74, 6) is 0.452. The molecule has 9 nitrogen and oxygen atoms in total. The average molecular weight is 601 g/mol. The Hall–Kier alpha value is -2.69. The van der Waals surface area contributed by atoms with Crippen LogP contribution in [0.25, 0.3) is 0 Å². The monoisotopic (exact) mass is 599 g/mol. The summed E-state index contributed by atoms with van der Waals surface area (Å²) in [5, 5.41) is 3.70. The van der Waals surface area contributed by atoms with Gasteiger partial charge in [-0.1, -0.05) is 36.2 Å². The number of halogens is 2. The molecule has 0 fully saturated rings. The number of anilines is 1. The summed E-state index contributed by atoms with van der Waals surface area (Å²) in [5.41, 5.74) is 0.652. The molecule has 12 heteroatoms. The fraction of sp³-hybridized carbons (Fsp3) is 0.481. The van der Waals surface area contributed by atoms with Crippen molar-refractivity contribution in [2.45, 2.75) is 65.1 Å². The summed E-state index contributed by atoms with van der Waals surface area (Å²) >= 11 is 12.3. The number of hydrogen-bond acceptors (Lipinski definition) is 6. The van der Waals surface area contributed by atoms with Crippen LogP contribution in [0.1, 0.15) is 52.5 Å². The highest BCUT2D eigenvalue weighted by molar-refractivity contribution is 7.92. The van der Waals surface area contributed by atoms with Crippen molar-refractivity contribution in [1.82, 2.24) is 10.2 Å². The number of hydrogen-bond donors (Lipinski definition) is 1. The number of carbonyl (C=O) groups excluding carboxylic acids is 2. The predicted octanol–water partition coefficient (Wildman–Crippen LogP) is 4.99. The van der Waals surface area contributed by atoms with Gasteiger partial charge in [-0.25, -0.2) is 8.42 Å². The molecule has 2 amide bonds. The zero-order valence-corrected chi connectivity index (χ0v) is 25.1. The molecule has 0 bridgehead atoms. The van der Waals surface area contributed by atoms with Crippen LogP contribution < -0.4 is 19.1 Å². The Morgan fingerprint density at radius 2 is 1.74 bits per heavy atom. The molecule has 2 aromatic rings. The van der Waals surface area contributed by atoms with Crippen LogP contribution in [-0.2, 0) is 26.2 Å². The van der Waals surface area contributed by atoms with Gasteiger partial charge in [-0.3, -0.25) is 13.9 Å². The molecule has 214 valence electrons. The van der Waals surface area contributed by atoms with E-state index in [2.05, 4.69) is 5.32 Å². The highest BCUT2D eigenvalue weighted by atomic mass is 35.5. The van der Waals surface area contributed by atoms with Gasteiger partial charge in [0.15, 0.2) is 11.5 Å². The lowest BCUT2D eigenvalue weighted by Gasteiger charge is -2.33. The highest BCUT2D eigenvalue weighted by Crippen LogP contribution is 2.36. The Balaban J connectivity index is 1.80. The molecule has 0 aliphatic carbocycles. The lowest BCUT2D eigenvalue weighted by molar-refractivity contribution is -0.142. The number of rotatable bonds is 11. The SMILES string of the molecule is CCC(C(=O)NC(C)(C)C)N(Cc1ccc(Cl)c(Cl)c1)C(=O)CCCN(c1ccc2c(c1)OCO2)S(C)(=O)=O. The largest absolute Gasteiger partial charge is 0.454 e. The molecular weight excluding hydrogens is 565 g/mol. The Labute approximate surface area is 240 Å². The normalized spacial score (nSPS) is 13.6. The summed E-state index contributed by atoms with van der Waals surface area (Å²) in [7, 11) is -3.64. The number of carbonyl (C=O) groups is 2. The van der Waals surface area contributed by atoms with Crippen molar-refractivity contribution in [1.29, 1.82) is 0 Å². The van der Waals surface area contributed by atoms with E-state index in [0.717, 1.165) is 11.8 Å². The first kappa shape index (κ1) is 30.8. The van der Waals surface area contributed by atoms with Gasteiger partial charge in [-0.05, 0) is 63.4 Å². The fourth-order valence-electron chi connectivity index (χ4n) is 4.25. The summed E-state index contributed by atoms with van der Waals surface area (Å²) < 4.78 is 37.1. The van der Waals surface area contributed by atoms with Crippen LogP contribution in [0.5, 0.6) is 11.5 Å². The molecular formula is C27H35Cl2N3O6S. The summed E-state index contributed by atoms with van der Waals surface area (Å²) in [4.78, 5) is 28.3. The van der Waals surface area contributed by atoms with Gasteiger partial charge in [-0.15, -0.1) is 0 Å². The van der Waals surface area contributed by atoms with Crippen molar-refractivity contribution in [3.63, 3.8) is 0 Å². The molecule has 0 aromatic heterocycles. The molecule has 3 rings (SSSR count). The summed E-state index contributed by atoms with van der Waals surface area (Å²) in [6.45, 7) is 7.74. The topological polar surface area (TPSA) is 105 Å². The van der Waals surface area contributed by atoms with E-state index in [9.17, 15) is 18.0 Å². The van der Waals surface area contributed by atoms with Gasteiger partial charge in [0.1, 0.15) is 6.04 Å². The molecule has 2 aromatic carbocycles. The molecule has 0 spiro atoms. The van der Waals surface area contributed by atoms with Gasteiger partial charge in [0.25, 0.3) is 0 Å². The van der Waals surface area contributed by atoms with Crippen molar-refractivity contribution in [2.75, 3.05) is 23.9 Å². The maximum atomic E-state index is 13.6. The van der Waals surface area contributed by atoms with E-state index >= 15 is 0 Å². The van der Waals surface area contributed by atoms with Crippen molar-refractivity contribution in [3.05, 3.63) is 52.0 Å². The number of ether oxygens (including phenoxy) is 2. The van der Waals surface area contributed by atoms with E-state index in [1.165, 1.54) is 9.21 Å². The number of sulfonamides is 1. The Kier molecular flexibility index (Phi) is 10.0. The van der Waals surface area contributed by atoms with Gasteiger partial charge in [0.05, 0.1) is 22.0 Å². The van der Waals surface area contributed by atoms with E-state index in [1.54, 1.807) is 36.4 Å². The van der Waals surface area contributed by atoms with Crippen LogP contribution in [0, 0.1) is 0 Å². The second-order valence-corrected chi connectivity index (χ2v) is 13.1. The van der Waals surface area contributed by atoms with Gasteiger partial charge in [-0.2, -0.15) is 0 Å². The zero-order valence-electron chi connectivity index (χ0n) is 22.8. The smallest absolute Gasteiger partial charge is 0.243 e. The lowest BCUT2D eigenvalue weighted by atomic mass is 10.0. The molecule has 1 N–H and O–H groups in total. The van der Waals surface area contributed by atoms with Crippen molar-refractivity contribution < 1.29 is 27.5 Å². The first-order chi connectivity index (χ1) is 18.2. The Morgan fingerprint density at radius 1 is 1.05 bits per heavy atom. The molecule has 1 aliphatic rings. The van der Waals surface area contributed by atoms with Crippen LogP contribution in [-0.4, -0.2) is 56.3 Å². The Morgan fingerprint density at radius 3 is 2.36 bits per heavy atom. The predicted molar refractivity (Wildman–Crippen MR) is 153 cm³/mol. The molecule has 0 radical (unpaired) electrons. The van der Waals surface area contributed by atoms with E-state index in [4.69, 9.17) is 32.7 Å². The minimum absolute atomic E-state index is 0.0250. The maximum absolute atomic E-state index is 13.6. The van der Waals surface area contributed by atoms with E-state index in [-0.39, 0.29) is 44.5 Å². The maximum Gasteiger partial charge on any atom is 0.243 e.